The van der Waals surface area contributed by atoms with Crippen molar-refractivity contribution in [3.63, 3.8) is 0 Å². The van der Waals surface area contributed by atoms with Crippen LogP contribution in [0, 0.1) is 0 Å². The van der Waals surface area contributed by atoms with E-state index in [0.717, 1.165) is 15.0 Å². The van der Waals surface area contributed by atoms with E-state index in [1.54, 1.807) is 31.0 Å². The maximum Gasteiger partial charge on any atom is 0.193 e. The SMILES string of the molecule is COc1ccc(NC(N)=NCc2nnc(SC)s2)cc1Cl. The summed E-state index contributed by atoms with van der Waals surface area (Å²) in [7, 11) is 1.56. The van der Waals surface area contributed by atoms with E-state index in [1.165, 1.54) is 11.3 Å². The zero-order chi connectivity index (χ0) is 15.2. The van der Waals surface area contributed by atoms with E-state index in [4.69, 9.17) is 22.1 Å². The van der Waals surface area contributed by atoms with Crippen molar-refractivity contribution in [2.24, 2.45) is 10.7 Å². The summed E-state index contributed by atoms with van der Waals surface area (Å²) in [5, 5.41) is 12.3. The van der Waals surface area contributed by atoms with Crippen molar-refractivity contribution in [2.75, 3.05) is 18.7 Å². The molecule has 0 amide bonds. The summed E-state index contributed by atoms with van der Waals surface area (Å²) in [4.78, 5) is 4.22. The van der Waals surface area contributed by atoms with Gasteiger partial charge in [0.25, 0.3) is 0 Å². The van der Waals surface area contributed by atoms with Crippen molar-refractivity contribution >= 4 is 46.3 Å². The van der Waals surface area contributed by atoms with Crippen LogP contribution in [0.1, 0.15) is 5.01 Å². The third kappa shape index (κ3) is 4.48. The van der Waals surface area contributed by atoms with Gasteiger partial charge in [0.1, 0.15) is 10.8 Å². The predicted molar refractivity (Wildman–Crippen MR) is 88.6 cm³/mol. The summed E-state index contributed by atoms with van der Waals surface area (Å²) >= 11 is 9.10. The summed E-state index contributed by atoms with van der Waals surface area (Å²) in [5.74, 6) is 0.897. The molecule has 0 aliphatic carbocycles. The van der Waals surface area contributed by atoms with Gasteiger partial charge in [-0.3, -0.25) is 0 Å². The minimum absolute atomic E-state index is 0.289. The third-order valence-electron chi connectivity index (χ3n) is 2.43. The molecule has 0 radical (unpaired) electrons. The molecule has 6 nitrogen and oxygen atoms in total. The Labute approximate surface area is 135 Å². The zero-order valence-corrected chi connectivity index (χ0v) is 13.8. The van der Waals surface area contributed by atoms with Crippen LogP contribution >= 0.6 is 34.7 Å². The van der Waals surface area contributed by atoms with Gasteiger partial charge in [0.15, 0.2) is 10.3 Å². The fourth-order valence-corrected chi connectivity index (χ4v) is 2.96. The number of nitrogens with one attached hydrogen (secondary N) is 1. The molecule has 1 aromatic heterocycles. The van der Waals surface area contributed by atoms with E-state index < -0.39 is 0 Å². The maximum absolute atomic E-state index is 6.04. The van der Waals surface area contributed by atoms with Gasteiger partial charge < -0.3 is 15.8 Å². The third-order valence-corrected chi connectivity index (χ3v) is 4.61. The molecule has 0 fully saturated rings. The molecule has 0 bridgehead atoms. The monoisotopic (exact) mass is 343 g/mol. The molecule has 0 atom stereocenters. The first-order valence-corrected chi connectivity index (χ1v) is 8.31. The van der Waals surface area contributed by atoms with Crippen LogP contribution in [0.4, 0.5) is 5.69 Å². The minimum atomic E-state index is 0.289. The number of rotatable bonds is 5. The fraction of sp³-hybridized carbons (Fsp3) is 0.250. The van der Waals surface area contributed by atoms with Gasteiger partial charge in [-0.1, -0.05) is 34.7 Å². The molecule has 1 heterocycles. The van der Waals surface area contributed by atoms with E-state index in [9.17, 15) is 0 Å². The lowest BCUT2D eigenvalue weighted by molar-refractivity contribution is 0.415. The average molecular weight is 344 g/mol. The van der Waals surface area contributed by atoms with Crippen LogP contribution in [-0.4, -0.2) is 29.5 Å². The van der Waals surface area contributed by atoms with Crippen molar-refractivity contribution in [1.82, 2.24) is 10.2 Å². The number of aliphatic imine (C=N–C) groups is 1. The number of halogens is 1. The lowest BCUT2D eigenvalue weighted by Gasteiger charge is -2.08. The molecule has 0 unspecified atom stereocenters. The Balaban J connectivity index is 1.98. The number of hydrogen-bond donors (Lipinski definition) is 2. The largest absolute Gasteiger partial charge is 0.495 e. The van der Waals surface area contributed by atoms with Crippen LogP contribution < -0.4 is 15.8 Å². The maximum atomic E-state index is 6.04. The number of benzene rings is 1. The Morgan fingerprint density at radius 3 is 2.95 bits per heavy atom. The molecule has 21 heavy (non-hydrogen) atoms. The van der Waals surface area contributed by atoms with Gasteiger partial charge in [-0.2, -0.15) is 0 Å². The number of nitrogens with two attached hydrogens (primary N) is 1. The summed E-state index contributed by atoms with van der Waals surface area (Å²) in [6.07, 6.45) is 1.96. The number of nitrogens with zero attached hydrogens (tertiary/aromatic N) is 3. The molecule has 9 heteroatoms. The lowest BCUT2D eigenvalue weighted by atomic mass is 10.3. The fourth-order valence-electron chi connectivity index (χ4n) is 1.47. The van der Waals surface area contributed by atoms with Crippen molar-refractivity contribution in [3.8, 4) is 5.75 Å². The molecule has 2 rings (SSSR count). The van der Waals surface area contributed by atoms with Gasteiger partial charge >= 0.3 is 0 Å². The van der Waals surface area contributed by atoms with Crippen molar-refractivity contribution in [2.45, 2.75) is 10.9 Å². The molecule has 0 spiro atoms. The summed E-state index contributed by atoms with van der Waals surface area (Å²) < 4.78 is 6.00. The molecular weight excluding hydrogens is 330 g/mol. The molecule has 3 N–H and O–H groups in total. The van der Waals surface area contributed by atoms with E-state index >= 15 is 0 Å². The molecule has 0 aliphatic rings. The molecular formula is C12H14ClN5OS2. The highest BCUT2D eigenvalue weighted by Gasteiger charge is 2.04. The molecule has 1 aromatic carbocycles. The van der Waals surface area contributed by atoms with Crippen LogP contribution in [0.25, 0.3) is 0 Å². The van der Waals surface area contributed by atoms with E-state index in [0.29, 0.717) is 17.3 Å². The van der Waals surface area contributed by atoms with Crippen LogP contribution in [0.2, 0.25) is 5.02 Å². The van der Waals surface area contributed by atoms with E-state index in [-0.39, 0.29) is 5.96 Å². The first kappa shape index (κ1) is 15.9. The average Bonchev–Trinajstić information content (AvgIpc) is 2.93. The minimum Gasteiger partial charge on any atom is -0.495 e. The predicted octanol–water partition coefficient (Wildman–Crippen LogP) is 2.85. The molecule has 112 valence electrons. The van der Waals surface area contributed by atoms with Gasteiger partial charge in [0, 0.05) is 5.69 Å². The van der Waals surface area contributed by atoms with E-state index in [2.05, 4.69) is 20.5 Å². The summed E-state index contributed by atoms with van der Waals surface area (Å²) in [5.41, 5.74) is 6.57. The van der Waals surface area contributed by atoms with Crippen molar-refractivity contribution in [3.05, 3.63) is 28.2 Å². The number of anilines is 1. The first-order chi connectivity index (χ1) is 10.1. The molecule has 2 aromatic rings. The highest BCUT2D eigenvalue weighted by Crippen LogP contribution is 2.27. The number of hydrogen-bond acceptors (Lipinski definition) is 6. The first-order valence-electron chi connectivity index (χ1n) is 5.89. The second kappa shape index (κ2) is 7.48. The quantitative estimate of drug-likeness (QED) is 0.493. The van der Waals surface area contributed by atoms with Gasteiger partial charge in [-0.25, -0.2) is 4.99 Å². The topological polar surface area (TPSA) is 85.4 Å². The number of methoxy groups -OCH3 is 1. The summed E-state index contributed by atoms with van der Waals surface area (Å²) in [6, 6.07) is 5.29. The Morgan fingerprint density at radius 2 is 2.33 bits per heavy atom. The van der Waals surface area contributed by atoms with Gasteiger partial charge in [-0.15, -0.1) is 10.2 Å². The second-order valence-corrected chi connectivity index (χ2v) is 6.36. The van der Waals surface area contributed by atoms with Gasteiger partial charge in [0.2, 0.25) is 0 Å². The number of ether oxygens (including phenoxy) is 1. The highest BCUT2D eigenvalue weighted by atomic mass is 35.5. The zero-order valence-electron chi connectivity index (χ0n) is 11.5. The molecule has 0 saturated heterocycles. The van der Waals surface area contributed by atoms with E-state index in [1.807, 2.05) is 12.3 Å². The Morgan fingerprint density at radius 1 is 1.52 bits per heavy atom. The number of aromatic nitrogens is 2. The van der Waals surface area contributed by atoms with Crippen LogP contribution in [0.3, 0.4) is 0 Å². The standard InChI is InChI=1S/C12H14ClN5OS2/c1-19-9-4-3-7(5-8(9)13)16-11(14)15-6-10-17-18-12(20-2)21-10/h3-5H,6H2,1-2H3,(H3,14,15,16). The molecule has 0 aliphatic heterocycles. The van der Waals surface area contributed by atoms with Crippen LogP contribution in [-0.2, 0) is 6.54 Å². The Hall–Kier alpha value is -1.51. The normalized spacial score (nSPS) is 11.5. The Bertz CT molecular complexity index is 646. The van der Waals surface area contributed by atoms with Crippen LogP contribution in [0.15, 0.2) is 27.5 Å². The van der Waals surface area contributed by atoms with Crippen molar-refractivity contribution in [1.29, 1.82) is 0 Å². The second-order valence-electron chi connectivity index (χ2n) is 3.84. The van der Waals surface area contributed by atoms with Gasteiger partial charge in [0.05, 0.1) is 18.7 Å². The Kier molecular flexibility index (Phi) is 5.66. The smallest absolute Gasteiger partial charge is 0.193 e. The van der Waals surface area contributed by atoms with Crippen LogP contribution in [0.5, 0.6) is 5.75 Å². The van der Waals surface area contributed by atoms with Crippen molar-refractivity contribution < 1.29 is 4.74 Å². The number of thioether (sulfide) groups is 1. The highest BCUT2D eigenvalue weighted by molar-refractivity contribution is 8.00. The van der Waals surface area contributed by atoms with Gasteiger partial charge in [-0.05, 0) is 24.5 Å². The summed E-state index contributed by atoms with van der Waals surface area (Å²) in [6.45, 7) is 0.390. The number of guanidine groups is 1. The molecule has 0 saturated carbocycles. The lowest BCUT2D eigenvalue weighted by Crippen LogP contribution is -2.22.